The zero-order valence-corrected chi connectivity index (χ0v) is 18.6. The number of unbranched alkanes of at least 4 members (excludes halogenated alkanes) is 7. The van der Waals surface area contributed by atoms with Crippen LogP contribution < -0.4 is 0 Å². The first-order valence-electron chi connectivity index (χ1n) is 10.1. The van der Waals surface area contributed by atoms with E-state index in [-0.39, 0.29) is 16.5 Å². The van der Waals surface area contributed by atoms with Crippen LogP contribution in [0.4, 0.5) is 0 Å². The highest BCUT2D eigenvalue weighted by Crippen LogP contribution is 2.26. The molecule has 0 aliphatic rings. The topological polar surface area (TPSA) is 83.5 Å². The maximum absolute atomic E-state index is 12.0. The molecule has 27 heavy (non-hydrogen) atoms. The number of quaternary nitrogens is 1. The number of ether oxygens (including phenoxy) is 1. The fraction of sp³-hybridized carbons (Fsp3) is 0.850. The Morgan fingerprint density at radius 2 is 1.52 bits per heavy atom. The lowest BCUT2D eigenvalue weighted by Gasteiger charge is -2.43. The average Bonchev–Trinajstić information content (AvgIpc) is 2.54. The van der Waals surface area contributed by atoms with Gasteiger partial charge in [0.05, 0.1) is 14.1 Å². The molecule has 0 aromatic rings. The Morgan fingerprint density at radius 3 is 1.93 bits per heavy atom. The summed E-state index contributed by atoms with van der Waals surface area (Å²) in [5, 5.41) is -1.16. The van der Waals surface area contributed by atoms with Gasteiger partial charge < -0.3 is 9.29 Å². The maximum atomic E-state index is 12.0. The Kier molecular flexibility index (Phi) is 12.1. The monoisotopic (exact) mass is 405 g/mol. The molecule has 7 heteroatoms. The molecule has 0 saturated carbocycles. The van der Waals surface area contributed by atoms with E-state index in [9.17, 15) is 17.8 Å². The molecular formula is C20H39NO5S. The van der Waals surface area contributed by atoms with Gasteiger partial charge in [0.15, 0.2) is 5.37 Å². The molecule has 0 spiro atoms. The molecule has 0 aromatic heterocycles. The summed E-state index contributed by atoms with van der Waals surface area (Å²) in [4.78, 5) is 12.0. The molecule has 2 unspecified atom stereocenters. The number of carbonyl (C=O) groups is 1. The van der Waals surface area contributed by atoms with E-state index in [2.05, 4.69) is 13.5 Å². The van der Waals surface area contributed by atoms with Crippen LogP contribution in [0, 0.1) is 0 Å². The number of hydrogen-bond donors (Lipinski definition) is 0. The van der Waals surface area contributed by atoms with Crippen molar-refractivity contribution >= 4 is 16.1 Å². The summed E-state index contributed by atoms with van der Waals surface area (Å²) in [5.74, 6) is -0.552. The van der Waals surface area contributed by atoms with Crippen LogP contribution in [0.25, 0.3) is 0 Å². The van der Waals surface area contributed by atoms with E-state index in [1.165, 1.54) is 32.1 Å². The summed E-state index contributed by atoms with van der Waals surface area (Å²) >= 11 is 0. The molecule has 0 N–H and O–H groups in total. The number of carbonyl (C=O) groups excluding carboxylic acids is 1. The molecule has 0 aliphatic carbocycles. The van der Waals surface area contributed by atoms with Crippen LogP contribution >= 0.6 is 0 Å². The predicted molar refractivity (Wildman–Crippen MR) is 108 cm³/mol. The lowest BCUT2D eigenvalue weighted by molar-refractivity contribution is -0.945. The second-order valence-corrected chi connectivity index (χ2v) is 9.42. The van der Waals surface area contributed by atoms with Gasteiger partial charge in [0.25, 0.3) is 0 Å². The second-order valence-electron chi connectivity index (χ2n) is 7.89. The highest BCUT2D eigenvalue weighted by atomic mass is 32.2. The molecule has 0 radical (unpaired) electrons. The van der Waals surface area contributed by atoms with Crippen molar-refractivity contribution in [3.05, 3.63) is 12.2 Å². The van der Waals surface area contributed by atoms with Crippen molar-refractivity contribution in [2.45, 2.75) is 96.6 Å². The van der Waals surface area contributed by atoms with Gasteiger partial charge in [-0.1, -0.05) is 65.4 Å². The van der Waals surface area contributed by atoms with Gasteiger partial charge in [-0.15, -0.1) is 0 Å². The van der Waals surface area contributed by atoms with E-state index in [1.807, 2.05) is 0 Å². The summed E-state index contributed by atoms with van der Waals surface area (Å²) in [6, 6.07) is 0. The van der Waals surface area contributed by atoms with Gasteiger partial charge in [-0.3, -0.25) is 4.48 Å². The quantitative estimate of drug-likeness (QED) is 0.101. The zero-order valence-electron chi connectivity index (χ0n) is 17.8. The van der Waals surface area contributed by atoms with Crippen LogP contribution in [0.15, 0.2) is 12.2 Å². The van der Waals surface area contributed by atoms with Crippen molar-refractivity contribution in [1.82, 2.24) is 0 Å². The first kappa shape index (κ1) is 26.1. The fourth-order valence-electron chi connectivity index (χ4n) is 3.40. The first-order valence-corrected chi connectivity index (χ1v) is 11.6. The third-order valence-electron chi connectivity index (χ3n) is 5.06. The normalized spacial score (nSPS) is 14.6. The number of nitrogens with zero attached hydrogens (tertiary/aromatic N) is 1. The van der Waals surface area contributed by atoms with Crippen molar-refractivity contribution in [1.29, 1.82) is 0 Å². The Labute approximate surface area is 166 Å². The van der Waals surface area contributed by atoms with Gasteiger partial charge in [0.2, 0.25) is 6.23 Å². The number of hydrogen-bond acceptors (Lipinski definition) is 5. The van der Waals surface area contributed by atoms with Crippen molar-refractivity contribution < 1.29 is 27.0 Å². The molecule has 0 amide bonds. The zero-order chi connectivity index (χ0) is 21.1. The molecule has 0 aliphatic heterocycles. The van der Waals surface area contributed by atoms with Crippen LogP contribution in [0.3, 0.4) is 0 Å². The minimum Gasteiger partial charge on any atom is -0.743 e. The van der Waals surface area contributed by atoms with E-state index in [0.29, 0.717) is 6.42 Å². The van der Waals surface area contributed by atoms with Crippen LogP contribution in [-0.4, -0.2) is 49.1 Å². The highest BCUT2D eigenvalue weighted by molar-refractivity contribution is 7.86. The Hall–Kier alpha value is -0.920. The summed E-state index contributed by atoms with van der Waals surface area (Å²) in [7, 11) is -1.23. The molecule has 2 atom stereocenters. The molecule has 0 saturated heterocycles. The molecule has 6 nitrogen and oxygen atoms in total. The van der Waals surface area contributed by atoms with E-state index in [4.69, 9.17) is 4.74 Å². The highest BCUT2D eigenvalue weighted by Gasteiger charge is 2.41. The maximum Gasteiger partial charge on any atom is 0.337 e. The van der Waals surface area contributed by atoms with E-state index in [0.717, 1.165) is 19.3 Å². The molecular weight excluding hydrogens is 366 g/mol. The van der Waals surface area contributed by atoms with Gasteiger partial charge >= 0.3 is 5.97 Å². The van der Waals surface area contributed by atoms with Gasteiger partial charge in [-0.05, 0) is 13.3 Å². The Morgan fingerprint density at radius 1 is 1.04 bits per heavy atom. The van der Waals surface area contributed by atoms with Gasteiger partial charge in [-0.2, -0.15) is 0 Å². The van der Waals surface area contributed by atoms with Crippen molar-refractivity contribution in [2.75, 3.05) is 14.1 Å². The van der Waals surface area contributed by atoms with E-state index < -0.39 is 27.7 Å². The SMILES string of the molecule is C=C(C)C(=O)OC(CCCCCCCCCC)[N+](C)(C)C(CC)S(=O)(=O)[O-]. The standard InChI is InChI=1S/C20H39NO5S/c1-7-9-10-11-12-13-14-15-16-18(26-20(22)17(3)4)21(5,6)19(8-2)27(23,24)25/h18-19H,3,7-16H2,1-2,4-6H3. The number of rotatable bonds is 15. The van der Waals surface area contributed by atoms with E-state index >= 15 is 0 Å². The molecule has 0 aromatic carbocycles. The van der Waals surface area contributed by atoms with Gasteiger partial charge in [0.1, 0.15) is 10.1 Å². The molecule has 0 heterocycles. The summed E-state index contributed by atoms with van der Waals surface area (Å²) in [5.41, 5.74) is 0.258. The molecule has 0 rings (SSSR count). The van der Waals surface area contributed by atoms with Crippen LogP contribution in [0.2, 0.25) is 0 Å². The van der Waals surface area contributed by atoms with Gasteiger partial charge in [0, 0.05) is 18.4 Å². The average molecular weight is 406 g/mol. The minimum atomic E-state index is -4.51. The van der Waals surface area contributed by atoms with Crippen molar-refractivity contribution in [3.63, 3.8) is 0 Å². The Bertz CT molecular complexity index is 557. The largest absolute Gasteiger partial charge is 0.743 e. The fourth-order valence-corrected chi connectivity index (χ4v) is 4.61. The Balaban J connectivity index is 4.92. The molecule has 160 valence electrons. The number of esters is 1. The molecule has 0 bridgehead atoms. The van der Waals surface area contributed by atoms with Crippen molar-refractivity contribution in [2.24, 2.45) is 0 Å². The lowest BCUT2D eigenvalue weighted by atomic mass is 10.1. The second kappa shape index (κ2) is 12.5. The van der Waals surface area contributed by atoms with E-state index in [1.54, 1.807) is 27.9 Å². The smallest absolute Gasteiger partial charge is 0.337 e. The predicted octanol–water partition coefficient (Wildman–Crippen LogP) is 4.32. The summed E-state index contributed by atoms with van der Waals surface area (Å²) in [6.07, 6.45) is 9.09. The molecule has 0 fully saturated rings. The third kappa shape index (κ3) is 9.72. The van der Waals surface area contributed by atoms with Crippen molar-refractivity contribution in [3.8, 4) is 0 Å². The lowest BCUT2D eigenvalue weighted by Crippen LogP contribution is -2.59. The first-order chi connectivity index (χ1) is 12.5. The van der Waals surface area contributed by atoms with Crippen LogP contribution in [0.1, 0.15) is 85.0 Å². The third-order valence-corrected chi connectivity index (χ3v) is 6.61. The van der Waals surface area contributed by atoms with Crippen LogP contribution in [-0.2, 0) is 19.6 Å². The summed E-state index contributed by atoms with van der Waals surface area (Å²) < 4.78 is 40.5. The van der Waals surface area contributed by atoms with Gasteiger partial charge in [-0.25, -0.2) is 13.2 Å². The van der Waals surface area contributed by atoms with Crippen LogP contribution in [0.5, 0.6) is 0 Å². The minimum absolute atomic E-state index is 0.164. The summed E-state index contributed by atoms with van der Waals surface area (Å²) in [6.45, 7) is 8.99.